The summed E-state index contributed by atoms with van der Waals surface area (Å²) in [7, 11) is -3.40. The van der Waals surface area contributed by atoms with Gasteiger partial charge in [-0.3, -0.25) is 0 Å². The van der Waals surface area contributed by atoms with Gasteiger partial charge in [-0.15, -0.1) is 0 Å². The Morgan fingerprint density at radius 3 is 2.71 bits per heavy atom. The first kappa shape index (κ1) is 14.5. The van der Waals surface area contributed by atoms with Gasteiger partial charge in [0.25, 0.3) is 0 Å². The summed E-state index contributed by atoms with van der Waals surface area (Å²) >= 11 is 0. The lowest BCUT2D eigenvalue weighted by Gasteiger charge is -2.47. The fourth-order valence-corrected chi connectivity index (χ4v) is 5.05. The highest BCUT2D eigenvalue weighted by atomic mass is 32.2. The molecule has 6 heteroatoms. The van der Waals surface area contributed by atoms with E-state index in [2.05, 4.69) is 6.07 Å². The molecule has 2 heterocycles. The molecule has 1 aromatic rings. The minimum Gasteiger partial charge on any atom is -0.383 e. The van der Waals surface area contributed by atoms with E-state index in [1.807, 2.05) is 0 Å². The SMILES string of the molecule is N#CC1(C2(O)CCS(=O)(=O)c3ccccc32)CCCOC1. The van der Waals surface area contributed by atoms with Crippen molar-refractivity contribution < 1.29 is 18.3 Å². The smallest absolute Gasteiger partial charge is 0.178 e. The second-order valence-electron chi connectivity index (χ2n) is 5.78. The van der Waals surface area contributed by atoms with Gasteiger partial charge in [-0.05, 0) is 25.3 Å². The molecule has 0 bridgehead atoms. The third-order valence-corrected chi connectivity index (χ3v) is 6.41. The van der Waals surface area contributed by atoms with Gasteiger partial charge in [0.1, 0.15) is 11.0 Å². The molecule has 0 radical (unpaired) electrons. The first-order chi connectivity index (χ1) is 9.95. The highest BCUT2D eigenvalue weighted by molar-refractivity contribution is 7.91. The highest BCUT2D eigenvalue weighted by Crippen LogP contribution is 2.51. The van der Waals surface area contributed by atoms with Crippen LogP contribution in [-0.4, -0.2) is 32.5 Å². The second kappa shape index (κ2) is 4.80. The molecular weight excluding hydrogens is 290 g/mol. The Labute approximate surface area is 124 Å². The van der Waals surface area contributed by atoms with Crippen LogP contribution in [0.15, 0.2) is 29.2 Å². The van der Waals surface area contributed by atoms with Crippen molar-refractivity contribution in [3.05, 3.63) is 29.8 Å². The summed E-state index contributed by atoms with van der Waals surface area (Å²) in [5.74, 6) is -0.149. The van der Waals surface area contributed by atoms with Crippen LogP contribution in [0.4, 0.5) is 0 Å². The Hall–Kier alpha value is -1.42. The molecule has 3 rings (SSSR count). The molecule has 0 spiro atoms. The average molecular weight is 307 g/mol. The molecule has 0 aliphatic carbocycles. The van der Waals surface area contributed by atoms with Crippen LogP contribution in [-0.2, 0) is 20.2 Å². The van der Waals surface area contributed by atoms with Gasteiger partial charge in [-0.1, -0.05) is 18.2 Å². The maximum atomic E-state index is 12.2. The summed E-state index contributed by atoms with van der Waals surface area (Å²) < 4.78 is 29.9. The van der Waals surface area contributed by atoms with E-state index in [1.54, 1.807) is 18.2 Å². The molecule has 1 aromatic carbocycles. The van der Waals surface area contributed by atoms with Crippen molar-refractivity contribution in [1.29, 1.82) is 5.26 Å². The predicted molar refractivity (Wildman–Crippen MR) is 75.1 cm³/mol. The highest BCUT2D eigenvalue weighted by Gasteiger charge is 2.56. The molecule has 2 atom stereocenters. The number of aliphatic hydroxyl groups is 1. The van der Waals surface area contributed by atoms with Gasteiger partial charge < -0.3 is 9.84 Å². The second-order valence-corrected chi connectivity index (χ2v) is 7.85. The maximum absolute atomic E-state index is 12.2. The van der Waals surface area contributed by atoms with E-state index < -0.39 is 20.9 Å². The molecule has 1 saturated heterocycles. The lowest BCUT2D eigenvalue weighted by atomic mass is 9.65. The molecule has 0 saturated carbocycles. The molecule has 1 fully saturated rings. The number of rotatable bonds is 1. The summed E-state index contributed by atoms with van der Waals surface area (Å²) in [5, 5.41) is 20.9. The monoisotopic (exact) mass is 307 g/mol. The molecule has 0 aromatic heterocycles. The van der Waals surface area contributed by atoms with Crippen LogP contribution < -0.4 is 0 Å². The maximum Gasteiger partial charge on any atom is 0.178 e. The van der Waals surface area contributed by atoms with Gasteiger partial charge >= 0.3 is 0 Å². The van der Waals surface area contributed by atoms with Crippen LogP contribution in [0.1, 0.15) is 24.8 Å². The topological polar surface area (TPSA) is 87.4 Å². The summed E-state index contributed by atoms with van der Waals surface area (Å²) in [6.07, 6.45) is 1.22. The number of hydrogen-bond acceptors (Lipinski definition) is 5. The van der Waals surface area contributed by atoms with Crippen molar-refractivity contribution in [1.82, 2.24) is 0 Å². The van der Waals surface area contributed by atoms with Crippen molar-refractivity contribution in [2.75, 3.05) is 19.0 Å². The normalized spacial score (nSPS) is 34.7. The van der Waals surface area contributed by atoms with E-state index in [0.29, 0.717) is 25.0 Å². The Morgan fingerprint density at radius 1 is 1.29 bits per heavy atom. The summed E-state index contributed by atoms with van der Waals surface area (Å²) in [6, 6.07) is 8.67. The number of sulfone groups is 1. The lowest BCUT2D eigenvalue weighted by Crippen LogP contribution is -2.53. The van der Waals surface area contributed by atoms with Crippen molar-refractivity contribution >= 4 is 9.84 Å². The zero-order valence-electron chi connectivity index (χ0n) is 11.6. The van der Waals surface area contributed by atoms with Crippen molar-refractivity contribution in [2.45, 2.75) is 29.8 Å². The zero-order chi connectivity index (χ0) is 15.1. The minimum atomic E-state index is -3.40. The van der Waals surface area contributed by atoms with Crippen LogP contribution in [0.3, 0.4) is 0 Å². The summed E-state index contributed by atoms with van der Waals surface area (Å²) in [4.78, 5) is 0.138. The fourth-order valence-electron chi connectivity index (χ4n) is 3.40. The van der Waals surface area contributed by atoms with E-state index in [9.17, 15) is 18.8 Å². The number of ether oxygens (including phenoxy) is 1. The van der Waals surface area contributed by atoms with E-state index >= 15 is 0 Å². The summed E-state index contributed by atoms with van der Waals surface area (Å²) in [6.45, 7) is 0.702. The van der Waals surface area contributed by atoms with E-state index in [1.165, 1.54) is 6.07 Å². The van der Waals surface area contributed by atoms with Crippen LogP contribution in [0.25, 0.3) is 0 Å². The third kappa shape index (κ3) is 2.00. The number of hydrogen-bond donors (Lipinski definition) is 1. The average Bonchev–Trinajstić information content (AvgIpc) is 2.52. The molecule has 2 aliphatic rings. The number of nitriles is 1. The van der Waals surface area contributed by atoms with Gasteiger partial charge in [0.05, 0.1) is 23.3 Å². The van der Waals surface area contributed by atoms with E-state index in [-0.39, 0.29) is 23.7 Å². The van der Waals surface area contributed by atoms with Crippen LogP contribution in [0.2, 0.25) is 0 Å². The van der Waals surface area contributed by atoms with E-state index in [0.717, 1.165) is 0 Å². The van der Waals surface area contributed by atoms with Gasteiger partial charge in [-0.25, -0.2) is 8.42 Å². The molecule has 2 aliphatic heterocycles. The first-order valence-electron chi connectivity index (χ1n) is 6.99. The van der Waals surface area contributed by atoms with Crippen LogP contribution in [0, 0.1) is 16.7 Å². The number of benzene rings is 1. The standard InChI is InChI=1S/C15H17NO4S/c16-10-14(6-3-8-20-11-14)15(17)7-9-21(18,19)13-5-2-1-4-12(13)15/h1-2,4-5,17H,3,6-9,11H2. The van der Waals surface area contributed by atoms with Crippen molar-refractivity contribution in [3.8, 4) is 6.07 Å². The molecule has 2 unspecified atom stereocenters. The molecule has 112 valence electrons. The summed E-state index contributed by atoms with van der Waals surface area (Å²) in [5.41, 5.74) is -2.23. The fraction of sp³-hybridized carbons (Fsp3) is 0.533. The van der Waals surface area contributed by atoms with Crippen molar-refractivity contribution in [2.24, 2.45) is 5.41 Å². The van der Waals surface area contributed by atoms with Gasteiger partial charge in [0.2, 0.25) is 0 Å². The Morgan fingerprint density at radius 2 is 2.05 bits per heavy atom. The molecule has 1 N–H and O–H groups in total. The first-order valence-corrected chi connectivity index (χ1v) is 8.64. The zero-order valence-corrected chi connectivity index (χ0v) is 12.4. The Kier molecular flexibility index (Phi) is 3.32. The molecule has 0 amide bonds. The minimum absolute atomic E-state index is 0.0310. The Bertz CT molecular complexity index is 701. The lowest BCUT2D eigenvalue weighted by molar-refractivity contribution is -0.128. The van der Waals surface area contributed by atoms with Crippen LogP contribution in [0.5, 0.6) is 0 Å². The van der Waals surface area contributed by atoms with Crippen LogP contribution >= 0.6 is 0 Å². The number of fused-ring (bicyclic) bond motifs is 1. The molecular formula is C15H17NO4S. The van der Waals surface area contributed by atoms with Crippen molar-refractivity contribution in [3.63, 3.8) is 0 Å². The predicted octanol–water partition coefficient (Wildman–Crippen LogP) is 1.37. The quantitative estimate of drug-likeness (QED) is 0.846. The van der Waals surface area contributed by atoms with Gasteiger partial charge in [-0.2, -0.15) is 5.26 Å². The van der Waals surface area contributed by atoms with Gasteiger partial charge in [0, 0.05) is 12.2 Å². The Balaban J connectivity index is 2.20. The largest absolute Gasteiger partial charge is 0.383 e. The van der Waals surface area contributed by atoms with Gasteiger partial charge in [0.15, 0.2) is 9.84 Å². The third-order valence-electron chi connectivity index (χ3n) is 4.65. The molecule has 5 nitrogen and oxygen atoms in total. The van der Waals surface area contributed by atoms with E-state index in [4.69, 9.17) is 4.74 Å². The molecule has 21 heavy (non-hydrogen) atoms. The number of nitrogens with zero attached hydrogens (tertiary/aromatic N) is 1.